The van der Waals surface area contributed by atoms with Crippen molar-refractivity contribution in [1.29, 1.82) is 0 Å². The van der Waals surface area contributed by atoms with Crippen LogP contribution in [0, 0.1) is 0 Å². The summed E-state index contributed by atoms with van der Waals surface area (Å²) in [5, 5.41) is 17.9. The number of nitrogens with zero attached hydrogens (tertiary/aromatic N) is 1. The van der Waals surface area contributed by atoms with Crippen molar-refractivity contribution in [2.75, 3.05) is 11.9 Å². The third-order valence-corrected chi connectivity index (χ3v) is 1.74. The number of aliphatic hydroxyl groups is 1. The average Bonchev–Trinajstić information content (AvgIpc) is 2.17. The second-order valence-corrected chi connectivity index (χ2v) is 2.74. The van der Waals surface area contributed by atoms with E-state index in [0.29, 0.717) is 5.82 Å². The number of hydrogen-bond donors (Lipinski definition) is 3. The molecular formula is C8H13N3O2. The van der Waals surface area contributed by atoms with Gasteiger partial charge in [0.2, 0.25) is 0 Å². The van der Waals surface area contributed by atoms with Gasteiger partial charge in [-0.1, -0.05) is 6.92 Å². The van der Waals surface area contributed by atoms with Crippen molar-refractivity contribution in [3.8, 4) is 0 Å². The number of H-pyrrole nitrogens is 1. The first-order chi connectivity index (χ1) is 6.26. The Morgan fingerprint density at radius 1 is 1.69 bits per heavy atom. The van der Waals surface area contributed by atoms with E-state index in [0.717, 1.165) is 6.42 Å². The highest BCUT2D eigenvalue weighted by Crippen LogP contribution is 2.01. The highest BCUT2D eigenvalue weighted by Gasteiger charge is 2.03. The van der Waals surface area contributed by atoms with Gasteiger partial charge in [0.1, 0.15) is 5.82 Å². The Balaban J connectivity index is 2.63. The van der Waals surface area contributed by atoms with Crippen LogP contribution in [-0.2, 0) is 0 Å². The smallest absolute Gasteiger partial charge is 0.264 e. The van der Waals surface area contributed by atoms with Crippen LogP contribution in [-0.4, -0.2) is 28.0 Å². The minimum absolute atomic E-state index is 0.0154. The van der Waals surface area contributed by atoms with Gasteiger partial charge >= 0.3 is 0 Å². The Kier molecular flexibility index (Phi) is 3.45. The van der Waals surface area contributed by atoms with Crippen LogP contribution >= 0.6 is 0 Å². The first-order valence-electron chi connectivity index (χ1n) is 4.19. The zero-order valence-corrected chi connectivity index (χ0v) is 7.45. The van der Waals surface area contributed by atoms with Crippen LogP contribution < -0.4 is 10.9 Å². The van der Waals surface area contributed by atoms with E-state index in [1.54, 1.807) is 6.07 Å². The summed E-state index contributed by atoms with van der Waals surface area (Å²) in [6.45, 7) is 2.01. The van der Waals surface area contributed by atoms with Gasteiger partial charge in [0.25, 0.3) is 5.56 Å². The molecule has 3 N–H and O–H groups in total. The molecule has 13 heavy (non-hydrogen) atoms. The van der Waals surface area contributed by atoms with Crippen molar-refractivity contribution in [3.63, 3.8) is 0 Å². The molecule has 1 aromatic heterocycles. The fraction of sp³-hybridized carbons (Fsp3) is 0.500. The summed E-state index contributed by atoms with van der Waals surface area (Å²) in [5.41, 5.74) is -0.234. The standard InChI is InChI=1S/C8H13N3O2/c1-2-6(5-12)9-7-3-4-8(13)11-10-7/h3-4,6,12H,2,5H2,1H3,(H,9,10)(H,11,13). The monoisotopic (exact) mass is 183 g/mol. The summed E-state index contributed by atoms with van der Waals surface area (Å²) < 4.78 is 0. The molecule has 0 aromatic carbocycles. The molecule has 0 saturated heterocycles. The molecule has 0 fully saturated rings. The zero-order chi connectivity index (χ0) is 9.68. The van der Waals surface area contributed by atoms with Crippen LogP contribution in [0.5, 0.6) is 0 Å². The van der Waals surface area contributed by atoms with Gasteiger partial charge in [0.05, 0.1) is 12.6 Å². The Morgan fingerprint density at radius 2 is 2.46 bits per heavy atom. The van der Waals surface area contributed by atoms with Crippen LogP contribution in [0.25, 0.3) is 0 Å². The molecule has 72 valence electrons. The lowest BCUT2D eigenvalue weighted by atomic mass is 10.2. The van der Waals surface area contributed by atoms with Crippen molar-refractivity contribution in [3.05, 3.63) is 22.5 Å². The fourth-order valence-corrected chi connectivity index (χ4v) is 0.911. The lowest BCUT2D eigenvalue weighted by molar-refractivity contribution is 0.271. The molecule has 0 aliphatic carbocycles. The van der Waals surface area contributed by atoms with Crippen molar-refractivity contribution in [2.45, 2.75) is 19.4 Å². The van der Waals surface area contributed by atoms with E-state index in [2.05, 4.69) is 15.5 Å². The number of rotatable bonds is 4. The number of aromatic nitrogens is 2. The van der Waals surface area contributed by atoms with Gasteiger partial charge in [0.15, 0.2) is 0 Å². The van der Waals surface area contributed by atoms with Crippen molar-refractivity contribution in [1.82, 2.24) is 10.2 Å². The molecule has 1 heterocycles. The van der Waals surface area contributed by atoms with Crippen LogP contribution in [0.15, 0.2) is 16.9 Å². The average molecular weight is 183 g/mol. The normalized spacial score (nSPS) is 12.5. The topological polar surface area (TPSA) is 78.0 Å². The van der Waals surface area contributed by atoms with E-state index >= 15 is 0 Å². The molecule has 1 atom stereocenters. The van der Waals surface area contributed by atoms with Gasteiger partial charge in [-0.2, -0.15) is 5.10 Å². The van der Waals surface area contributed by atoms with Crippen LogP contribution in [0.3, 0.4) is 0 Å². The maximum Gasteiger partial charge on any atom is 0.264 e. The van der Waals surface area contributed by atoms with Gasteiger partial charge in [0, 0.05) is 6.07 Å². The summed E-state index contributed by atoms with van der Waals surface area (Å²) >= 11 is 0. The quantitative estimate of drug-likeness (QED) is 0.611. The minimum atomic E-state index is -0.234. The van der Waals surface area contributed by atoms with Gasteiger partial charge in [-0.3, -0.25) is 4.79 Å². The fourth-order valence-electron chi connectivity index (χ4n) is 0.911. The molecule has 0 aliphatic heterocycles. The molecule has 0 radical (unpaired) electrons. The Bertz CT molecular complexity index is 286. The minimum Gasteiger partial charge on any atom is -0.394 e. The highest BCUT2D eigenvalue weighted by molar-refractivity contribution is 5.32. The van der Waals surface area contributed by atoms with Crippen LogP contribution in [0.2, 0.25) is 0 Å². The second-order valence-electron chi connectivity index (χ2n) is 2.74. The summed E-state index contributed by atoms with van der Waals surface area (Å²) in [6, 6.07) is 2.95. The summed E-state index contributed by atoms with van der Waals surface area (Å²) in [4.78, 5) is 10.7. The number of aliphatic hydroxyl groups excluding tert-OH is 1. The summed E-state index contributed by atoms with van der Waals surface area (Å²) in [5.74, 6) is 0.570. The van der Waals surface area contributed by atoms with E-state index in [1.165, 1.54) is 6.07 Å². The first-order valence-corrected chi connectivity index (χ1v) is 4.19. The molecule has 0 saturated carbocycles. The van der Waals surface area contributed by atoms with Gasteiger partial charge in [-0.25, -0.2) is 5.10 Å². The molecule has 5 heteroatoms. The Hall–Kier alpha value is -1.36. The number of hydrogen-bond acceptors (Lipinski definition) is 4. The first kappa shape index (κ1) is 9.73. The van der Waals surface area contributed by atoms with E-state index in [4.69, 9.17) is 5.11 Å². The lowest BCUT2D eigenvalue weighted by Gasteiger charge is -2.13. The maximum atomic E-state index is 10.7. The predicted molar refractivity (Wildman–Crippen MR) is 49.6 cm³/mol. The Labute approximate surface area is 75.8 Å². The van der Waals surface area contributed by atoms with Crippen molar-refractivity contribution >= 4 is 5.82 Å². The van der Waals surface area contributed by atoms with Crippen molar-refractivity contribution < 1.29 is 5.11 Å². The SMILES string of the molecule is CCC(CO)Nc1ccc(=O)[nH]n1. The molecule has 0 amide bonds. The molecule has 0 aliphatic rings. The van der Waals surface area contributed by atoms with E-state index in [1.807, 2.05) is 6.92 Å². The van der Waals surface area contributed by atoms with Crippen LogP contribution in [0.1, 0.15) is 13.3 Å². The summed E-state index contributed by atoms with van der Waals surface area (Å²) in [7, 11) is 0. The zero-order valence-electron chi connectivity index (χ0n) is 7.45. The van der Waals surface area contributed by atoms with Gasteiger partial charge in [-0.15, -0.1) is 0 Å². The number of nitrogens with one attached hydrogen (secondary N) is 2. The maximum absolute atomic E-state index is 10.7. The summed E-state index contributed by atoms with van der Waals surface area (Å²) in [6.07, 6.45) is 0.803. The molecule has 1 aromatic rings. The lowest BCUT2D eigenvalue weighted by Crippen LogP contribution is -2.24. The highest BCUT2D eigenvalue weighted by atomic mass is 16.3. The van der Waals surface area contributed by atoms with E-state index < -0.39 is 0 Å². The number of aromatic amines is 1. The van der Waals surface area contributed by atoms with E-state index in [9.17, 15) is 4.79 Å². The molecular weight excluding hydrogens is 170 g/mol. The van der Waals surface area contributed by atoms with Crippen LogP contribution in [0.4, 0.5) is 5.82 Å². The Morgan fingerprint density at radius 3 is 2.92 bits per heavy atom. The van der Waals surface area contributed by atoms with Gasteiger partial charge < -0.3 is 10.4 Å². The molecule has 1 unspecified atom stereocenters. The number of anilines is 1. The molecule has 5 nitrogen and oxygen atoms in total. The van der Waals surface area contributed by atoms with Gasteiger partial charge in [-0.05, 0) is 12.5 Å². The molecule has 0 spiro atoms. The largest absolute Gasteiger partial charge is 0.394 e. The third kappa shape index (κ3) is 2.87. The molecule has 1 rings (SSSR count). The van der Waals surface area contributed by atoms with E-state index in [-0.39, 0.29) is 18.2 Å². The molecule has 0 bridgehead atoms. The third-order valence-electron chi connectivity index (χ3n) is 1.74. The van der Waals surface area contributed by atoms with Crippen molar-refractivity contribution in [2.24, 2.45) is 0 Å². The second kappa shape index (κ2) is 4.61. The predicted octanol–water partition coefficient (Wildman–Crippen LogP) is -0.0473.